The van der Waals surface area contributed by atoms with E-state index in [1.165, 1.54) is 69.4 Å². The molecule has 0 fully saturated rings. The Balaban J connectivity index is 2.62. The molecule has 0 aliphatic carbocycles. The zero-order valence-corrected chi connectivity index (χ0v) is 16.4. The second-order valence-electron chi connectivity index (χ2n) is 4.10. The minimum atomic E-state index is -4.06. The zero-order chi connectivity index (χ0) is 15.7. The summed E-state index contributed by atoms with van der Waals surface area (Å²) in [5, 5.41) is 0. The van der Waals surface area contributed by atoms with Gasteiger partial charge < -0.3 is 0 Å². The molecule has 0 aromatic heterocycles. The van der Waals surface area contributed by atoms with Crippen molar-refractivity contribution in [2.24, 2.45) is 0 Å². The Morgan fingerprint density at radius 1 is 0.619 bits per heavy atom. The molecule has 0 spiro atoms. The highest BCUT2D eigenvalue weighted by atomic mass is 127. The molecule has 0 aliphatic heterocycles. The first-order valence-electron chi connectivity index (χ1n) is 5.68. The predicted octanol–water partition coefficient (Wildman–Crippen LogP) is 3.42. The van der Waals surface area contributed by atoms with Gasteiger partial charge in [-0.3, -0.25) is 0 Å². The summed E-state index contributed by atoms with van der Waals surface area (Å²) in [4.78, 5) is -0.0402. The summed E-state index contributed by atoms with van der Waals surface area (Å²) in [5.74, 6) is 0. The van der Waals surface area contributed by atoms with Crippen molar-refractivity contribution in [2.45, 2.75) is 9.88 Å². The van der Waals surface area contributed by atoms with Crippen LogP contribution < -0.4 is 0 Å². The van der Waals surface area contributed by atoms with Crippen molar-refractivity contribution < 1.29 is 16.8 Å². The molecule has 21 heavy (non-hydrogen) atoms. The summed E-state index contributed by atoms with van der Waals surface area (Å²) in [5.41, 5.74) is 0. The van der Waals surface area contributed by atoms with E-state index < -0.39 is 19.8 Å². The van der Waals surface area contributed by atoms with E-state index in [9.17, 15) is 16.8 Å². The Morgan fingerprint density at radius 2 is 0.905 bits per heavy atom. The monoisotopic (exact) mass is 548 g/mol. The van der Waals surface area contributed by atoms with Crippen LogP contribution in [0.5, 0.6) is 0 Å². The molecule has 0 aliphatic rings. The van der Waals surface area contributed by atoms with Gasteiger partial charge in [-0.15, -0.1) is 0 Å². The molecular formula is C13H10I2O4S2. The summed E-state index contributed by atoms with van der Waals surface area (Å²) < 4.78 is 48.7. The van der Waals surface area contributed by atoms with Crippen molar-refractivity contribution in [3.8, 4) is 0 Å². The summed E-state index contributed by atoms with van der Waals surface area (Å²) in [6, 6.07) is 15.2. The third-order valence-electron chi connectivity index (χ3n) is 2.73. The van der Waals surface area contributed by atoms with Crippen LogP contribution in [0.3, 0.4) is 0 Å². The molecule has 2 aromatic carbocycles. The number of hydrogen-bond acceptors (Lipinski definition) is 4. The number of benzene rings is 2. The summed E-state index contributed by atoms with van der Waals surface area (Å²) >= 11 is 2.96. The lowest BCUT2D eigenvalue weighted by Crippen LogP contribution is -2.34. The number of sulfone groups is 2. The van der Waals surface area contributed by atoms with Crippen molar-refractivity contribution in [1.82, 2.24) is 0 Å². The molecule has 0 radical (unpaired) electrons. The van der Waals surface area contributed by atoms with Gasteiger partial charge in [0.25, 0.3) is 0.0925 Å². The average molecular weight is 548 g/mol. The van der Waals surface area contributed by atoms with Crippen molar-refractivity contribution in [3.63, 3.8) is 0 Å². The fraction of sp³-hybridized carbons (Fsp3) is 0.0769. The first-order valence-corrected chi connectivity index (χ1v) is 10.8. The maximum Gasteiger partial charge on any atom is 0.280 e. The van der Waals surface area contributed by atoms with Crippen LogP contribution in [0.2, 0.25) is 0 Å². The molecule has 0 bridgehead atoms. The maximum absolute atomic E-state index is 12.7. The van der Waals surface area contributed by atoms with Gasteiger partial charge in [0, 0.05) is 0 Å². The molecule has 112 valence electrons. The molecule has 4 nitrogen and oxygen atoms in total. The second-order valence-corrected chi connectivity index (χ2v) is 16.8. The lowest BCUT2D eigenvalue weighted by molar-refractivity contribution is 0.586. The van der Waals surface area contributed by atoms with E-state index in [1.807, 2.05) is 0 Å². The summed E-state index contributed by atoms with van der Waals surface area (Å²) in [6.07, 6.45) is 0. The van der Waals surface area contributed by atoms with E-state index in [0.29, 0.717) is 0 Å². The Labute approximate surface area is 151 Å². The van der Waals surface area contributed by atoms with E-state index in [4.69, 9.17) is 0 Å². The number of halogens is 2. The Morgan fingerprint density at radius 3 is 1.19 bits per heavy atom. The molecular weight excluding hydrogens is 538 g/mol. The van der Waals surface area contributed by atoms with E-state index in [0.717, 1.165) is 0 Å². The summed E-state index contributed by atoms with van der Waals surface area (Å²) in [7, 11) is -8.12. The standard InChI is InChI=1S/C13H10I2O4S2/c14-13(15,20(16,17)11-7-3-1-4-8-11)21(18,19)12-9-5-2-6-10-12/h1-10H. The van der Waals surface area contributed by atoms with Crippen molar-refractivity contribution in [1.29, 1.82) is 0 Å². The lowest BCUT2D eigenvalue weighted by atomic mass is 10.4. The molecule has 0 saturated heterocycles. The third-order valence-corrected chi connectivity index (χ3v) is 14.0. The molecule has 2 aromatic rings. The van der Waals surface area contributed by atoms with Gasteiger partial charge in [-0.05, 0) is 69.4 Å². The fourth-order valence-electron chi connectivity index (χ4n) is 1.62. The molecule has 0 amide bonds. The van der Waals surface area contributed by atoms with Gasteiger partial charge in [0.15, 0.2) is 0 Å². The van der Waals surface area contributed by atoms with Crippen LogP contribution in [-0.4, -0.2) is 16.9 Å². The van der Waals surface area contributed by atoms with Crippen LogP contribution >= 0.6 is 45.2 Å². The Kier molecular flexibility index (Phi) is 5.01. The summed E-state index contributed by atoms with van der Waals surface area (Å²) in [6.45, 7) is 0. The van der Waals surface area contributed by atoms with Crippen molar-refractivity contribution in [2.75, 3.05) is 0 Å². The van der Waals surface area contributed by atoms with E-state index in [1.54, 1.807) is 36.4 Å². The SMILES string of the molecule is O=S(=O)(c1ccccc1)C(I)(I)S(=O)(=O)c1ccccc1. The van der Waals surface area contributed by atoms with Crippen LogP contribution in [0.4, 0.5) is 0 Å². The van der Waals surface area contributed by atoms with Gasteiger partial charge >= 0.3 is 0 Å². The van der Waals surface area contributed by atoms with Gasteiger partial charge in [-0.25, -0.2) is 16.8 Å². The molecule has 0 unspecified atom stereocenters. The van der Waals surface area contributed by atoms with E-state index in [-0.39, 0.29) is 9.79 Å². The fourth-order valence-corrected chi connectivity index (χ4v) is 7.98. The number of rotatable bonds is 4. The number of hydrogen-bond donors (Lipinski definition) is 0. The van der Waals surface area contributed by atoms with Gasteiger partial charge in [-0.1, -0.05) is 36.4 Å². The third kappa shape index (κ3) is 2.99. The topological polar surface area (TPSA) is 68.3 Å². The molecule has 0 N–H and O–H groups in total. The minimum absolute atomic E-state index is 0.0201. The minimum Gasteiger partial charge on any atom is -0.220 e. The van der Waals surface area contributed by atoms with Gasteiger partial charge in [0.1, 0.15) is 0 Å². The smallest absolute Gasteiger partial charge is 0.220 e. The van der Waals surface area contributed by atoms with Gasteiger partial charge in [0.05, 0.1) is 9.79 Å². The average Bonchev–Trinajstić information content (AvgIpc) is 2.48. The second kappa shape index (κ2) is 6.13. The highest BCUT2D eigenvalue weighted by molar-refractivity contribution is 14.2. The predicted molar refractivity (Wildman–Crippen MR) is 98.0 cm³/mol. The van der Waals surface area contributed by atoms with Crippen LogP contribution in [-0.2, 0) is 19.7 Å². The molecule has 0 atom stereocenters. The largest absolute Gasteiger partial charge is 0.280 e. The van der Waals surface area contributed by atoms with Crippen LogP contribution in [0, 0.1) is 0 Å². The highest BCUT2D eigenvalue weighted by Crippen LogP contribution is 2.46. The number of alkyl halides is 2. The van der Waals surface area contributed by atoms with E-state index in [2.05, 4.69) is 0 Å². The molecule has 0 heterocycles. The first-order chi connectivity index (χ1) is 9.71. The highest BCUT2D eigenvalue weighted by Gasteiger charge is 2.52. The molecule has 0 saturated carbocycles. The normalized spacial score (nSPS) is 13.0. The van der Waals surface area contributed by atoms with Gasteiger partial charge in [0.2, 0.25) is 19.7 Å². The van der Waals surface area contributed by atoms with Gasteiger partial charge in [-0.2, -0.15) is 0 Å². The Hall–Kier alpha value is -0.200. The van der Waals surface area contributed by atoms with Crippen molar-refractivity contribution in [3.05, 3.63) is 60.7 Å². The van der Waals surface area contributed by atoms with E-state index >= 15 is 0 Å². The maximum atomic E-state index is 12.7. The molecule has 2 rings (SSSR count). The van der Waals surface area contributed by atoms with Crippen LogP contribution in [0.25, 0.3) is 0 Å². The lowest BCUT2D eigenvalue weighted by Gasteiger charge is -2.21. The van der Waals surface area contributed by atoms with Crippen molar-refractivity contribution >= 4 is 64.9 Å². The van der Waals surface area contributed by atoms with Crippen LogP contribution in [0.1, 0.15) is 0 Å². The molecule has 8 heteroatoms. The zero-order valence-electron chi connectivity index (χ0n) is 10.5. The first kappa shape index (κ1) is 17.2. The van der Waals surface area contributed by atoms with Crippen LogP contribution in [0.15, 0.2) is 70.5 Å². The quantitative estimate of drug-likeness (QED) is 0.434. The Bertz CT molecular complexity index is 759.